The molecule has 3 N–H and O–H groups in total. The first-order valence-corrected chi connectivity index (χ1v) is 21.8. The van der Waals surface area contributed by atoms with E-state index in [1.807, 2.05) is 161 Å². The molecule has 2 amide bonds. The molecule has 0 heterocycles. The summed E-state index contributed by atoms with van der Waals surface area (Å²) in [6, 6.07) is 55.8. The summed E-state index contributed by atoms with van der Waals surface area (Å²) in [5, 5.41) is 18.3. The second-order valence-electron chi connectivity index (χ2n) is 16.5. The summed E-state index contributed by atoms with van der Waals surface area (Å²) in [5.41, 5.74) is 11.8. The molecular weight excluding hydrogens is 817 g/mol. The topological polar surface area (TPSA) is 102 Å². The smallest absolute Gasteiger partial charge is 0.255 e. The Kier molecular flexibility index (Phi) is 11.8. The molecule has 0 spiro atoms. The molecule has 0 saturated carbocycles. The van der Waals surface area contributed by atoms with Gasteiger partial charge in [-0.2, -0.15) is 4.58 Å². The van der Waals surface area contributed by atoms with Crippen molar-refractivity contribution in [1.29, 1.82) is 0 Å². The van der Waals surface area contributed by atoms with Crippen LogP contribution in [0.5, 0.6) is 0 Å². The summed E-state index contributed by atoms with van der Waals surface area (Å²) < 4.78 is 2.08. The lowest BCUT2D eigenvalue weighted by Gasteiger charge is -2.29. The van der Waals surface area contributed by atoms with Crippen molar-refractivity contribution in [2.75, 3.05) is 10.2 Å². The van der Waals surface area contributed by atoms with Gasteiger partial charge in [0.2, 0.25) is 22.9 Å². The number of carbonyl (C=O) groups is 3. The molecule has 322 valence electrons. The van der Waals surface area contributed by atoms with Gasteiger partial charge in [0.1, 0.15) is 5.76 Å². The van der Waals surface area contributed by atoms with Gasteiger partial charge in [0, 0.05) is 75.7 Å². The fourth-order valence-electron chi connectivity index (χ4n) is 8.13. The number of ketones is 1. The maximum Gasteiger partial charge on any atom is 0.255 e. The zero-order valence-corrected chi connectivity index (χ0v) is 37.0. The maximum absolute atomic E-state index is 14.7. The molecule has 0 aliphatic heterocycles. The minimum atomic E-state index is -0.443. The Morgan fingerprint density at radius 3 is 1.45 bits per heavy atom. The average molecular weight is 864 g/mol. The number of hydrogen-bond donors (Lipinski definition) is 3. The monoisotopic (exact) mass is 863 g/mol. The third-order valence-electron chi connectivity index (χ3n) is 11.7. The predicted octanol–water partition coefficient (Wildman–Crippen LogP) is 12.7. The van der Waals surface area contributed by atoms with Crippen LogP contribution in [0.3, 0.4) is 0 Å². The van der Waals surface area contributed by atoms with Gasteiger partial charge in [-0.25, -0.2) is 0 Å². The zero-order valence-electron chi connectivity index (χ0n) is 37.0. The molecule has 2 aliphatic rings. The molecule has 2 aliphatic carbocycles. The molecule has 0 aromatic heterocycles. The number of aliphatic hydroxyl groups excluding tert-OH is 1. The van der Waals surface area contributed by atoms with Crippen molar-refractivity contribution in [2.45, 2.75) is 27.7 Å². The Hall–Kier alpha value is -8.62. The number of allylic oxidation sites excluding steroid dienone is 5. The van der Waals surface area contributed by atoms with Crippen LogP contribution in [0.15, 0.2) is 217 Å². The van der Waals surface area contributed by atoms with Crippen molar-refractivity contribution in [1.82, 2.24) is 9.89 Å². The van der Waals surface area contributed by atoms with E-state index < -0.39 is 5.78 Å². The Morgan fingerprint density at radius 2 is 0.970 bits per heavy atom. The first kappa shape index (κ1) is 42.7. The molecule has 7 aromatic rings. The van der Waals surface area contributed by atoms with E-state index in [4.69, 9.17) is 0 Å². The van der Waals surface area contributed by atoms with Gasteiger partial charge in [-0.3, -0.25) is 14.4 Å². The molecular formula is C58H47N4O4+. The van der Waals surface area contributed by atoms with Crippen LogP contribution in [-0.2, 0) is 4.79 Å². The third-order valence-corrected chi connectivity index (χ3v) is 11.7. The maximum atomic E-state index is 14.7. The second-order valence-corrected chi connectivity index (χ2v) is 16.5. The van der Waals surface area contributed by atoms with Gasteiger partial charge in [0.25, 0.3) is 11.8 Å². The normalized spacial score (nSPS) is 14.3. The molecule has 7 aromatic carbocycles. The van der Waals surface area contributed by atoms with Crippen molar-refractivity contribution in [2.24, 2.45) is 0 Å². The van der Waals surface area contributed by atoms with Crippen molar-refractivity contribution in [3.05, 3.63) is 256 Å². The number of rotatable bonds is 10. The van der Waals surface area contributed by atoms with Crippen LogP contribution in [-0.4, -0.2) is 28.4 Å². The van der Waals surface area contributed by atoms with Crippen molar-refractivity contribution in [3.8, 4) is 0 Å². The van der Waals surface area contributed by atoms with E-state index in [9.17, 15) is 19.5 Å². The lowest BCUT2D eigenvalue weighted by Crippen LogP contribution is -2.31. The van der Waals surface area contributed by atoms with Gasteiger partial charge >= 0.3 is 0 Å². The SMILES string of the molecule is Cc1ccc(N(c2ccc(C)cc2)c2ccc(C3=C(O)/C(=C4/C=CC(=[N+](c5ccc(C)cc5)c5ccc(C)cc5)C=C4NC(=O)c4ccccc4)C3=O)c(NC(=O)c3ccccc3)c2)cc1. The first-order chi connectivity index (χ1) is 32.0. The molecule has 0 atom stereocenters. The highest BCUT2D eigenvalue weighted by Gasteiger charge is 2.40. The Morgan fingerprint density at radius 1 is 0.515 bits per heavy atom. The van der Waals surface area contributed by atoms with Gasteiger partial charge in [-0.1, -0.05) is 107 Å². The quantitative estimate of drug-likeness (QED) is 0.0939. The van der Waals surface area contributed by atoms with Gasteiger partial charge in [-0.15, -0.1) is 0 Å². The van der Waals surface area contributed by atoms with Crippen LogP contribution in [0.2, 0.25) is 0 Å². The van der Waals surface area contributed by atoms with E-state index in [1.54, 1.807) is 60.7 Å². The van der Waals surface area contributed by atoms with E-state index in [0.717, 1.165) is 56.4 Å². The number of nitrogens with one attached hydrogen (secondary N) is 2. The minimum absolute atomic E-state index is 0.0440. The van der Waals surface area contributed by atoms with Crippen molar-refractivity contribution < 1.29 is 19.5 Å². The van der Waals surface area contributed by atoms with Gasteiger partial charge in [0.05, 0.1) is 22.5 Å². The first-order valence-electron chi connectivity index (χ1n) is 21.8. The number of carbonyl (C=O) groups excluding carboxylic acids is 3. The number of aliphatic hydroxyl groups is 1. The number of hydrogen-bond acceptors (Lipinski definition) is 5. The van der Waals surface area contributed by atoms with Crippen LogP contribution in [0.1, 0.15) is 48.5 Å². The van der Waals surface area contributed by atoms with E-state index in [2.05, 4.69) is 20.1 Å². The summed E-state index contributed by atoms with van der Waals surface area (Å²) in [6.07, 6.45) is 5.46. The van der Waals surface area contributed by atoms with Crippen molar-refractivity contribution >= 4 is 63.0 Å². The molecule has 0 fully saturated rings. The number of nitrogens with zero attached hydrogens (tertiary/aromatic N) is 2. The van der Waals surface area contributed by atoms with Gasteiger partial charge in [0.15, 0.2) is 0 Å². The Bertz CT molecular complexity index is 3090. The molecule has 9 rings (SSSR count). The summed E-state index contributed by atoms with van der Waals surface area (Å²) in [6.45, 7) is 8.14. The van der Waals surface area contributed by atoms with Crippen LogP contribution in [0, 0.1) is 27.7 Å². The number of amides is 2. The summed E-state index contributed by atoms with van der Waals surface area (Å²) in [4.78, 5) is 44.6. The fraction of sp³-hybridized carbons (Fsp3) is 0.0690. The lowest BCUT2D eigenvalue weighted by atomic mass is 9.78. The summed E-state index contributed by atoms with van der Waals surface area (Å²) >= 11 is 0. The Labute approximate surface area is 384 Å². The molecule has 8 nitrogen and oxygen atoms in total. The largest absolute Gasteiger partial charge is 0.506 e. The number of aryl methyl sites for hydroxylation is 4. The molecule has 0 unspecified atom stereocenters. The number of anilines is 4. The van der Waals surface area contributed by atoms with E-state index in [-0.39, 0.29) is 28.7 Å². The number of benzene rings is 7. The van der Waals surface area contributed by atoms with Crippen LogP contribution >= 0.6 is 0 Å². The second kappa shape index (κ2) is 18.2. The summed E-state index contributed by atoms with van der Waals surface area (Å²) in [7, 11) is 0. The number of Topliss-reactive ketones (excluding diaryl/α,β-unsaturated/α-hetero) is 1. The predicted molar refractivity (Wildman–Crippen MR) is 267 cm³/mol. The van der Waals surface area contributed by atoms with E-state index >= 15 is 0 Å². The van der Waals surface area contributed by atoms with E-state index in [0.29, 0.717) is 33.6 Å². The van der Waals surface area contributed by atoms with Crippen LogP contribution in [0.4, 0.5) is 34.1 Å². The lowest BCUT2D eigenvalue weighted by molar-refractivity contribution is -0.111. The fourth-order valence-corrected chi connectivity index (χ4v) is 8.13. The average Bonchev–Trinajstić information content (AvgIpc) is 3.33. The molecule has 8 heteroatoms. The highest BCUT2D eigenvalue weighted by molar-refractivity contribution is 6.40. The molecule has 66 heavy (non-hydrogen) atoms. The molecule has 0 bridgehead atoms. The highest BCUT2D eigenvalue weighted by Crippen LogP contribution is 2.45. The van der Waals surface area contributed by atoms with E-state index in [1.165, 1.54) is 0 Å². The summed E-state index contributed by atoms with van der Waals surface area (Å²) in [5.74, 6) is -1.46. The van der Waals surface area contributed by atoms with Crippen molar-refractivity contribution in [3.63, 3.8) is 0 Å². The molecule has 0 radical (unpaired) electrons. The van der Waals surface area contributed by atoms with Gasteiger partial charge in [-0.05, 0) is 101 Å². The van der Waals surface area contributed by atoms with Gasteiger partial charge < -0.3 is 20.6 Å². The standard InChI is InChI=1S/C58H46N4O4/c1-37-15-23-43(24-16-37)61(44-25-17-38(2)18-26-44)47-31-33-49(51(35-47)59-57(65)41-11-7-5-8-12-41)53-55(63)54(56(53)64)50-34-32-48(36-52(50)60-58(66)42-13-9-6-10-14-42)62(45-27-19-39(3)20-28-45)46-29-21-40(4)22-30-46/h5-36H,1-4H3,(H2,59,60,63,64,65,66)/p+1. The molecule has 0 saturated heterocycles. The minimum Gasteiger partial charge on any atom is -0.506 e. The zero-order chi connectivity index (χ0) is 45.9. The third kappa shape index (κ3) is 8.68. The van der Waals surface area contributed by atoms with Crippen LogP contribution in [0.25, 0.3) is 5.57 Å². The Balaban J connectivity index is 1.19. The highest BCUT2D eigenvalue weighted by atomic mass is 16.3. The van der Waals surface area contributed by atoms with Crippen LogP contribution < -0.4 is 20.1 Å².